The topological polar surface area (TPSA) is 73.2 Å². The van der Waals surface area contributed by atoms with E-state index in [0.717, 1.165) is 11.1 Å². The van der Waals surface area contributed by atoms with Crippen molar-refractivity contribution in [2.45, 2.75) is 18.6 Å². The third-order valence-corrected chi connectivity index (χ3v) is 6.43. The van der Waals surface area contributed by atoms with Crippen LogP contribution in [0.3, 0.4) is 0 Å². The minimum absolute atomic E-state index is 0.0944. The molecule has 0 aliphatic carbocycles. The molecular weight excluding hydrogens is 429 g/mol. The second-order valence-corrected chi connectivity index (χ2v) is 8.45. The second-order valence-electron chi connectivity index (χ2n) is 6.44. The lowest BCUT2D eigenvalue weighted by atomic mass is 10.1. The second kappa shape index (κ2) is 8.91. The SMILES string of the molecule is CNC(=O)/C(C#N)=C1\S[C@@H](Cc2ccc(Cl)c(Cl)c2)C(=O)N1c1ccc(C)cc1. The Balaban J connectivity index is 2.03. The van der Waals surface area contributed by atoms with Gasteiger partial charge in [0.05, 0.1) is 15.3 Å². The number of hydrogen-bond donors (Lipinski definition) is 1. The molecule has 5 nitrogen and oxygen atoms in total. The summed E-state index contributed by atoms with van der Waals surface area (Å²) in [6.45, 7) is 1.94. The molecule has 148 valence electrons. The number of rotatable bonds is 4. The van der Waals surface area contributed by atoms with E-state index in [1.807, 2.05) is 31.2 Å². The van der Waals surface area contributed by atoms with E-state index in [1.165, 1.54) is 23.7 Å². The van der Waals surface area contributed by atoms with Gasteiger partial charge in [0.2, 0.25) is 5.91 Å². The van der Waals surface area contributed by atoms with Crippen molar-refractivity contribution in [3.05, 3.63) is 74.2 Å². The predicted octanol–water partition coefficient (Wildman–Crippen LogP) is 4.47. The first kappa shape index (κ1) is 21.3. The summed E-state index contributed by atoms with van der Waals surface area (Å²) in [5.41, 5.74) is 2.39. The molecule has 1 saturated heterocycles. The Bertz CT molecular complexity index is 1040. The van der Waals surface area contributed by atoms with Crippen molar-refractivity contribution in [2.75, 3.05) is 11.9 Å². The Morgan fingerprint density at radius 2 is 1.90 bits per heavy atom. The molecular formula is C21H17Cl2N3O2S. The molecule has 1 N–H and O–H groups in total. The van der Waals surface area contributed by atoms with E-state index in [2.05, 4.69) is 5.32 Å². The summed E-state index contributed by atoms with van der Waals surface area (Å²) in [6, 6.07) is 14.5. The van der Waals surface area contributed by atoms with Crippen LogP contribution in [0.15, 0.2) is 53.1 Å². The molecule has 0 radical (unpaired) electrons. The van der Waals surface area contributed by atoms with E-state index < -0.39 is 11.2 Å². The summed E-state index contributed by atoms with van der Waals surface area (Å²) in [5, 5.41) is 12.7. The van der Waals surface area contributed by atoms with Gasteiger partial charge in [-0.2, -0.15) is 5.26 Å². The molecule has 2 amide bonds. The Morgan fingerprint density at radius 3 is 2.48 bits per heavy atom. The highest BCUT2D eigenvalue weighted by Crippen LogP contribution is 2.42. The lowest BCUT2D eigenvalue weighted by molar-refractivity contribution is -0.117. The number of nitrogens with one attached hydrogen (secondary N) is 1. The standard InChI is InChI=1S/C21H17Cl2N3O2S/c1-12-3-6-14(7-4-12)26-20(28)18(10-13-5-8-16(22)17(23)9-13)29-21(26)15(11-24)19(27)25-2/h3-9,18H,10H2,1-2H3,(H,25,27)/b21-15-/t18-/m0/s1. The number of anilines is 1. The molecule has 1 aliphatic rings. The lowest BCUT2D eigenvalue weighted by Crippen LogP contribution is -2.31. The minimum atomic E-state index is -0.532. The third kappa shape index (κ3) is 4.43. The fraction of sp³-hybridized carbons (Fsp3) is 0.190. The van der Waals surface area contributed by atoms with Gasteiger partial charge >= 0.3 is 0 Å². The number of aryl methyl sites for hydroxylation is 1. The molecule has 1 aliphatic heterocycles. The quantitative estimate of drug-likeness (QED) is 0.556. The van der Waals surface area contributed by atoms with Crippen LogP contribution in [0.4, 0.5) is 5.69 Å². The van der Waals surface area contributed by atoms with Crippen LogP contribution in [0.2, 0.25) is 10.0 Å². The third-order valence-electron chi connectivity index (χ3n) is 4.43. The van der Waals surface area contributed by atoms with Crippen molar-refractivity contribution >= 4 is 52.5 Å². The van der Waals surface area contributed by atoms with Gasteiger partial charge < -0.3 is 5.32 Å². The molecule has 1 fully saturated rings. The minimum Gasteiger partial charge on any atom is -0.354 e. The lowest BCUT2D eigenvalue weighted by Gasteiger charge is -2.18. The summed E-state index contributed by atoms with van der Waals surface area (Å²) < 4.78 is 0. The van der Waals surface area contributed by atoms with E-state index in [4.69, 9.17) is 23.2 Å². The molecule has 0 spiro atoms. The summed E-state index contributed by atoms with van der Waals surface area (Å²) in [7, 11) is 1.45. The van der Waals surface area contributed by atoms with Gasteiger partial charge in [-0.05, 0) is 43.2 Å². The number of carbonyl (C=O) groups is 2. The first-order chi connectivity index (χ1) is 13.8. The molecule has 1 heterocycles. The molecule has 1 atom stereocenters. The van der Waals surface area contributed by atoms with E-state index >= 15 is 0 Å². The number of halogens is 2. The van der Waals surface area contributed by atoms with Crippen LogP contribution in [0.1, 0.15) is 11.1 Å². The van der Waals surface area contributed by atoms with Crippen molar-refractivity contribution in [3.63, 3.8) is 0 Å². The zero-order valence-electron chi connectivity index (χ0n) is 15.7. The number of thioether (sulfide) groups is 1. The van der Waals surface area contributed by atoms with Crippen molar-refractivity contribution in [3.8, 4) is 6.07 Å². The number of nitriles is 1. The van der Waals surface area contributed by atoms with Crippen LogP contribution in [0.5, 0.6) is 0 Å². The molecule has 8 heteroatoms. The molecule has 2 aromatic carbocycles. The molecule has 0 bridgehead atoms. The zero-order valence-corrected chi connectivity index (χ0v) is 18.0. The normalized spacial score (nSPS) is 17.8. The maximum atomic E-state index is 13.3. The molecule has 29 heavy (non-hydrogen) atoms. The number of amides is 2. The van der Waals surface area contributed by atoms with E-state index in [-0.39, 0.29) is 11.5 Å². The van der Waals surface area contributed by atoms with E-state index in [1.54, 1.807) is 24.3 Å². The van der Waals surface area contributed by atoms with Crippen LogP contribution in [0, 0.1) is 18.3 Å². The maximum Gasteiger partial charge on any atom is 0.264 e. The smallest absolute Gasteiger partial charge is 0.264 e. The van der Waals surface area contributed by atoms with Crippen LogP contribution in [0.25, 0.3) is 0 Å². The Hall–Kier alpha value is -2.46. The van der Waals surface area contributed by atoms with Gasteiger partial charge in [-0.15, -0.1) is 0 Å². The van der Waals surface area contributed by atoms with Crippen molar-refractivity contribution in [1.29, 1.82) is 5.26 Å². The summed E-state index contributed by atoms with van der Waals surface area (Å²) in [4.78, 5) is 26.9. The Kier molecular flexibility index (Phi) is 6.53. The van der Waals surface area contributed by atoms with Crippen LogP contribution in [-0.4, -0.2) is 24.1 Å². The summed E-state index contributed by atoms with van der Waals surface area (Å²) >= 11 is 13.3. The van der Waals surface area contributed by atoms with Gasteiger partial charge in [0.1, 0.15) is 16.7 Å². The number of carbonyl (C=O) groups excluding carboxylic acids is 2. The van der Waals surface area contributed by atoms with Crippen molar-refractivity contribution < 1.29 is 9.59 Å². The highest BCUT2D eigenvalue weighted by Gasteiger charge is 2.40. The molecule has 0 saturated carbocycles. The van der Waals surface area contributed by atoms with Gasteiger partial charge in [0.25, 0.3) is 5.91 Å². The number of likely N-dealkylation sites (N-methyl/N-ethyl adjacent to an activating group) is 1. The van der Waals surface area contributed by atoms with E-state index in [9.17, 15) is 14.9 Å². The number of hydrogen-bond acceptors (Lipinski definition) is 4. The first-order valence-corrected chi connectivity index (χ1v) is 10.4. The van der Waals surface area contributed by atoms with Gasteiger partial charge in [-0.1, -0.05) is 58.7 Å². The summed E-state index contributed by atoms with van der Waals surface area (Å²) in [6.07, 6.45) is 0.388. The van der Waals surface area contributed by atoms with Gasteiger partial charge in [-0.3, -0.25) is 14.5 Å². The van der Waals surface area contributed by atoms with Crippen LogP contribution < -0.4 is 10.2 Å². The Labute approximate surface area is 183 Å². The van der Waals surface area contributed by atoms with Crippen LogP contribution in [-0.2, 0) is 16.0 Å². The van der Waals surface area contributed by atoms with Crippen molar-refractivity contribution in [2.24, 2.45) is 0 Å². The monoisotopic (exact) mass is 445 g/mol. The molecule has 0 aromatic heterocycles. The predicted molar refractivity (Wildman–Crippen MR) is 117 cm³/mol. The molecule has 2 aromatic rings. The highest BCUT2D eigenvalue weighted by atomic mass is 35.5. The average Bonchev–Trinajstić information content (AvgIpc) is 3.01. The average molecular weight is 446 g/mol. The fourth-order valence-corrected chi connectivity index (χ4v) is 4.55. The fourth-order valence-electron chi connectivity index (χ4n) is 2.92. The zero-order chi connectivity index (χ0) is 21.1. The Morgan fingerprint density at radius 1 is 1.21 bits per heavy atom. The highest BCUT2D eigenvalue weighted by molar-refractivity contribution is 8.05. The van der Waals surface area contributed by atoms with Gasteiger partial charge in [0, 0.05) is 12.7 Å². The van der Waals surface area contributed by atoms with Crippen molar-refractivity contribution in [1.82, 2.24) is 5.32 Å². The molecule has 3 rings (SSSR count). The van der Waals surface area contributed by atoms with Gasteiger partial charge in [0.15, 0.2) is 0 Å². The first-order valence-electron chi connectivity index (χ1n) is 8.73. The largest absolute Gasteiger partial charge is 0.354 e. The molecule has 0 unspecified atom stereocenters. The van der Waals surface area contributed by atoms with Gasteiger partial charge in [-0.25, -0.2) is 0 Å². The number of nitrogens with zero attached hydrogens (tertiary/aromatic N) is 2. The van der Waals surface area contributed by atoms with Crippen LogP contribution >= 0.6 is 35.0 Å². The number of benzene rings is 2. The summed E-state index contributed by atoms with van der Waals surface area (Å²) in [5.74, 6) is -0.730. The maximum absolute atomic E-state index is 13.3. The van der Waals surface area contributed by atoms with E-state index in [0.29, 0.717) is 27.2 Å².